The first kappa shape index (κ1) is 30.9. The summed E-state index contributed by atoms with van der Waals surface area (Å²) in [5, 5.41) is 0. The van der Waals surface area contributed by atoms with Gasteiger partial charge in [0.15, 0.2) is 0 Å². The Morgan fingerprint density at radius 1 is 0.878 bits per heavy atom. The number of methoxy groups -OCH3 is 1. The Balaban J connectivity index is 1.71. The van der Waals surface area contributed by atoms with Crippen LogP contribution < -0.4 is 0 Å². The van der Waals surface area contributed by atoms with Crippen LogP contribution in [-0.4, -0.2) is 37.4 Å². The van der Waals surface area contributed by atoms with E-state index in [0.717, 1.165) is 17.0 Å². The van der Waals surface area contributed by atoms with Gasteiger partial charge in [-0.1, -0.05) is 6.07 Å². The number of ether oxygens (including phenoxy) is 3. The van der Waals surface area contributed by atoms with Gasteiger partial charge in [-0.25, -0.2) is 4.79 Å². The van der Waals surface area contributed by atoms with Gasteiger partial charge in [0.1, 0.15) is 6.10 Å². The van der Waals surface area contributed by atoms with Gasteiger partial charge in [-0.2, -0.15) is 39.5 Å². The van der Waals surface area contributed by atoms with Crippen LogP contribution >= 0.6 is 0 Å². The summed E-state index contributed by atoms with van der Waals surface area (Å²) < 4.78 is 138. The third-order valence-corrected chi connectivity index (χ3v) is 7.40. The van der Waals surface area contributed by atoms with E-state index in [-0.39, 0.29) is 17.5 Å². The first-order valence-electron chi connectivity index (χ1n) is 12.6. The van der Waals surface area contributed by atoms with Gasteiger partial charge in [-0.05, 0) is 72.7 Å². The number of amides is 1. The zero-order valence-corrected chi connectivity index (χ0v) is 21.8. The number of rotatable bonds is 6. The Labute approximate surface area is 229 Å². The number of cyclic esters (lactones) is 1. The van der Waals surface area contributed by atoms with E-state index < -0.39 is 71.7 Å². The van der Waals surface area contributed by atoms with Crippen LogP contribution in [0.5, 0.6) is 0 Å². The molecule has 2 aliphatic rings. The molecule has 0 radical (unpaired) electrons. The van der Waals surface area contributed by atoms with Gasteiger partial charge in [0, 0.05) is 26.9 Å². The molecule has 2 aromatic carbocycles. The SMILES string of the molecule is COC(c1ccc(C(F)(F)F)cc1CN1C(=O)O[C@H](c2cc(C(F)(F)F)cc(C(F)(F)F)c2)[C@@H]1C)C1CCOCC1. The molecule has 0 N–H and O–H groups in total. The maximum Gasteiger partial charge on any atom is 0.416 e. The lowest BCUT2D eigenvalue weighted by Gasteiger charge is -2.32. The minimum Gasteiger partial charge on any atom is -0.439 e. The molecular formula is C27H26F9NO4. The average molecular weight is 599 g/mol. The number of hydrogen-bond acceptors (Lipinski definition) is 4. The number of hydrogen-bond donors (Lipinski definition) is 0. The number of alkyl halides is 9. The highest BCUT2D eigenvalue weighted by Gasteiger charge is 2.44. The van der Waals surface area contributed by atoms with Gasteiger partial charge >= 0.3 is 24.6 Å². The predicted molar refractivity (Wildman–Crippen MR) is 125 cm³/mol. The van der Waals surface area contributed by atoms with Crippen molar-refractivity contribution in [1.82, 2.24) is 4.90 Å². The molecule has 0 bridgehead atoms. The van der Waals surface area contributed by atoms with E-state index in [1.165, 1.54) is 20.1 Å². The van der Waals surface area contributed by atoms with Crippen molar-refractivity contribution < 1.29 is 58.5 Å². The highest BCUT2D eigenvalue weighted by molar-refractivity contribution is 5.71. The maximum atomic E-state index is 13.6. The highest BCUT2D eigenvalue weighted by Crippen LogP contribution is 2.43. The molecule has 226 valence electrons. The van der Waals surface area contributed by atoms with Crippen LogP contribution in [0.1, 0.15) is 65.4 Å². The number of nitrogens with zero attached hydrogens (tertiary/aromatic N) is 1. The third kappa shape index (κ3) is 6.74. The summed E-state index contributed by atoms with van der Waals surface area (Å²) in [7, 11) is 1.40. The molecule has 0 aliphatic carbocycles. The van der Waals surface area contributed by atoms with Crippen LogP contribution in [0.25, 0.3) is 0 Å². The van der Waals surface area contributed by atoms with Gasteiger partial charge in [0.05, 0.1) is 28.8 Å². The predicted octanol–water partition coefficient (Wildman–Crippen LogP) is 7.94. The Morgan fingerprint density at radius 3 is 1.95 bits per heavy atom. The van der Waals surface area contributed by atoms with Gasteiger partial charge in [-0.15, -0.1) is 0 Å². The highest BCUT2D eigenvalue weighted by atomic mass is 19.4. The Hall–Kier alpha value is -3.00. The van der Waals surface area contributed by atoms with Crippen molar-refractivity contribution in [3.8, 4) is 0 Å². The summed E-state index contributed by atoms with van der Waals surface area (Å²) in [5.41, 5.74) is -4.27. The van der Waals surface area contributed by atoms with Crippen molar-refractivity contribution in [2.24, 2.45) is 5.92 Å². The Kier molecular flexibility index (Phi) is 8.57. The summed E-state index contributed by atoms with van der Waals surface area (Å²) in [6.45, 7) is 1.73. The number of benzene rings is 2. The standard InChI is InChI=1S/C27H26F9NO4/c1-14-22(16-9-19(26(31,32)33)12-20(10-16)27(34,35)36)41-24(38)37(14)13-17-11-18(25(28,29)30)3-4-21(17)23(39-2)15-5-7-40-8-6-15/h3-4,9-12,14-15,22-23H,5-8,13H2,1-2H3/t14-,22-,23?/m0/s1. The molecule has 5 nitrogen and oxygen atoms in total. The van der Waals surface area contributed by atoms with E-state index in [1.54, 1.807) is 0 Å². The monoisotopic (exact) mass is 599 g/mol. The molecule has 0 aromatic heterocycles. The first-order valence-corrected chi connectivity index (χ1v) is 12.6. The topological polar surface area (TPSA) is 48.0 Å². The summed E-state index contributed by atoms with van der Waals surface area (Å²) >= 11 is 0. The van der Waals surface area contributed by atoms with E-state index in [2.05, 4.69) is 0 Å². The minimum atomic E-state index is -5.12. The zero-order chi connectivity index (χ0) is 30.3. The molecule has 2 heterocycles. The van der Waals surface area contributed by atoms with Crippen molar-refractivity contribution in [3.63, 3.8) is 0 Å². The lowest BCUT2D eigenvalue weighted by molar-refractivity contribution is -0.143. The normalized spacial score (nSPS) is 21.7. The molecule has 14 heteroatoms. The molecule has 41 heavy (non-hydrogen) atoms. The van der Waals surface area contributed by atoms with Crippen LogP contribution in [0.2, 0.25) is 0 Å². The molecule has 2 aliphatic heterocycles. The van der Waals surface area contributed by atoms with Crippen LogP contribution in [0, 0.1) is 5.92 Å². The van der Waals surface area contributed by atoms with Crippen molar-refractivity contribution in [3.05, 3.63) is 69.8 Å². The summed E-state index contributed by atoms with van der Waals surface area (Å²) in [6.07, 6.45) is -17.1. The van der Waals surface area contributed by atoms with Crippen molar-refractivity contribution in [2.45, 2.75) is 63.1 Å². The molecule has 4 rings (SSSR count). The summed E-state index contributed by atoms with van der Waals surface area (Å²) in [4.78, 5) is 13.8. The van der Waals surface area contributed by atoms with Crippen molar-refractivity contribution in [1.29, 1.82) is 0 Å². The smallest absolute Gasteiger partial charge is 0.416 e. The van der Waals surface area contributed by atoms with E-state index in [4.69, 9.17) is 14.2 Å². The van der Waals surface area contributed by atoms with Crippen LogP contribution in [0.15, 0.2) is 36.4 Å². The molecule has 1 unspecified atom stereocenters. The fourth-order valence-corrected chi connectivity index (χ4v) is 5.27. The summed E-state index contributed by atoms with van der Waals surface area (Å²) in [6, 6.07) is 2.77. The molecule has 0 saturated carbocycles. The third-order valence-electron chi connectivity index (χ3n) is 7.40. The second kappa shape index (κ2) is 11.3. The number of carbonyl (C=O) groups is 1. The lowest BCUT2D eigenvalue weighted by Crippen LogP contribution is -2.33. The fraction of sp³-hybridized carbons (Fsp3) is 0.519. The van der Waals surface area contributed by atoms with E-state index in [1.807, 2.05) is 0 Å². The number of carbonyl (C=O) groups excluding carboxylic acids is 1. The fourth-order valence-electron chi connectivity index (χ4n) is 5.27. The van der Waals surface area contributed by atoms with Crippen LogP contribution in [0.4, 0.5) is 44.3 Å². The summed E-state index contributed by atoms with van der Waals surface area (Å²) in [5.74, 6) is -0.106. The van der Waals surface area contributed by atoms with Crippen molar-refractivity contribution >= 4 is 6.09 Å². The van der Waals surface area contributed by atoms with E-state index in [9.17, 15) is 44.3 Å². The molecule has 2 saturated heterocycles. The van der Waals surface area contributed by atoms with Crippen LogP contribution in [0.3, 0.4) is 0 Å². The molecule has 3 atom stereocenters. The van der Waals surface area contributed by atoms with Crippen molar-refractivity contribution in [2.75, 3.05) is 20.3 Å². The largest absolute Gasteiger partial charge is 0.439 e. The van der Waals surface area contributed by atoms with Gasteiger partial charge in [0.25, 0.3) is 0 Å². The number of halogens is 9. The van der Waals surface area contributed by atoms with Crippen LogP contribution in [-0.2, 0) is 39.3 Å². The maximum absolute atomic E-state index is 13.6. The Morgan fingerprint density at radius 2 is 1.44 bits per heavy atom. The first-order chi connectivity index (χ1) is 19.0. The van der Waals surface area contributed by atoms with E-state index >= 15 is 0 Å². The van der Waals surface area contributed by atoms with Gasteiger partial charge in [-0.3, -0.25) is 4.90 Å². The molecule has 0 spiro atoms. The Bertz CT molecular complexity index is 1220. The quantitative estimate of drug-likeness (QED) is 0.317. The average Bonchev–Trinajstić information content (AvgIpc) is 3.17. The minimum absolute atomic E-state index is 0.0428. The lowest BCUT2D eigenvalue weighted by atomic mass is 9.86. The molecule has 2 fully saturated rings. The zero-order valence-electron chi connectivity index (χ0n) is 21.8. The second-order valence-corrected chi connectivity index (χ2v) is 10.0. The second-order valence-electron chi connectivity index (χ2n) is 10.0. The molecule has 1 amide bonds. The molecule has 2 aromatic rings. The van der Waals surface area contributed by atoms with Gasteiger partial charge < -0.3 is 14.2 Å². The molecular weight excluding hydrogens is 573 g/mol. The van der Waals surface area contributed by atoms with Gasteiger partial charge in [0.2, 0.25) is 0 Å². The van der Waals surface area contributed by atoms with E-state index in [0.29, 0.717) is 43.8 Å².